The van der Waals surface area contributed by atoms with Crippen molar-refractivity contribution in [2.75, 3.05) is 36.1 Å². The minimum atomic E-state index is 0.122. The Labute approximate surface area is 212 Å². The lowest BCUT2D eigenvalue weighted by molar-refractivity contribution is 0.187. The van der Waals surface area contributed by atoms with Crippen LogP contribution in [0.1, 0.15) is 42.1 Å². The molecule has 2 atom stereocenters. The van der Waals surface area contributed by atoms with E-state index in [1.54, 1.807) is 0 Å². The molecule has 5 heterocycles. The number of rotatable bonds is 3. The molecular weight excluding hydrogens is 467 g/mol. The van der Waals surface area contributed by atoms with E-state index in [1.165, 1.54) is 11.1 Å². The summed E-state index contributed by atoms with van der Waals surface area (Å²) in [5, 5.41) is 4.97. The zero-order valence-corrected chi connectivity index (χ0v) is 21.6. The van der Waals surface area contributed by atoms with Gasteiger partial charge in [0, 0.05) is 40.6 Å². The van der Waals surface area contributed by atoms with Gasteiger partial charge in [-0.3, -0.25) is 4.98 Å². The largest absolute Gasteiger partial charge is 0.355 e. The van der Waals surface area contributed by atoms with E-state index in [-0.39, 0.29) is 11.5 Å². The second-order valence-corrected chi connectivity index (χ2v) is 11.2. The molecule has 4 aromatic rings. The summed E-state index contributed by atoms with van der Waals surface area (Å²) in [6.45, 7) is 4.95. The number of pyridine rings is 1. The quantitative estimate of drug-likeness (QED) is 0.423. The van der Waals surface area contributed by atoms with Gasteiger partial charge in [-0.1, -0.05) is 24.3 Å². The number of piperidine rings is 1. The molecule has 9 heteroatoms. The van der Waals surface area contributed by atoms with Crippen LogP contribution in [0.5, 0.6) is 0 Å². The highest BCUT2D eigenvalue weighted by atomic mass is 31.1. The van der Waals surface area contributed by atoms with E-state index in [9.17, 15) is 0 Å². The first-order chi connectivity index (χ1) is 17.7. The molecule has 1 fully saturated rings. The van der Waals surface area contributed by atoms with Crippen molar-refractivity contribution in [3.05, 3.63) is 65.6 Å². The number of anilines is 3. The maximum absolute atomic E-state index is 6.79. The van der Waals surface area contributed by atoms with E-state index in [2.05, 4.69) is 51.8 Å². The molecule has 184 valence electrons. The Hall–Kier alpha value is -3.09. The summed E-state index contributed by atoms with van der Waals surface area (Å²) in [6, 6.07) is 13.0. The van der Waals surface area contributed by atoms with Crippen LogP contribution < -0.4 is 15.5 Å². The van der Waals surface area contributed by atoms with Crippen LogP contribution in [0.3, 0.4) is 0 Å². The van der Waals surface area contributed by atoms with Gasteiger partial charge in [-0.05, 0) is 67.4 Å². The summed E-state index contributed by atoms with van der Waals surface area (Å²) >= 11 is 0. The molecule has 3 aliphatic rings. The number of hydrogen-bond donors (Lipinski definition) is 1. The van der Waals surface area contributed by atoms with Gasteiger partial charge in [0.25, 0.3) is 0 Å². The first-order valence-corrected chi connectivity index (χ1v) is 14.3. The molecule has 0 radical (unpaired) electrons. The van der Waals surface area contributed by atoms with Gasteiger partial charge in [-0.2, -0.15) is 0 Å². The monoisotopic (exact) mass is 498 g/mol. The minimum absolute atomic E-state index is 0.122. The molecule has 0 saturated carbocycles. The molecular formula is C27H31N8P. The van der Waals surface area contributed by atoms with E-state index in [1.807, 2.05) is 22.9 Å². The Kier molecular flexibility index (Phi) is 5.22. The van der Waals surface area contributed by atoms with Crippen LogP contribution in [0.15, 0.2) is 48.8 Å². The van der Waals surface area contributed by atoms with E-state index in [0.717, 1.165) is 85.9 Å². The zero-order chi connectivity index (χ0) is 24.3. The van der Waals surface area contributed by atoms with Gasteiger partial charge in [0.05, 0.1) is 17.6 Å². The van der Waals surface area contributed by atoms with Crippen LogP contribution in [0.2, 0.25) is 0 Å². The molecule has 1 aromatic carbocycles. The van der Waals surface area contributed by atoms with Gasteiger partial charge in [-0.25, -0.2) is 14.4 Å². The van der Waals surface area contributed by atoms with E-state index in [4.69, 9.17) is 20.8 Å². The number of aromatic nitrogens is 5. The lowest BCUT2D eigenvalue weighted by Gasteiger charge is -2.42. The van der Waals surface area contributed by atoms with Crippen LogP contribution in [0.4, 0.5) is 17.3 Å². The Morgan fingerprint density at radius 3 is 2.75 bits per heavy atom. The molecule has 36 heavy (non-hydrogen) atoms. The smallest absolute Gasteiger partial charge is 0.184 e. The average molecular weight is 499 g/mol. The third kappa shape index (κ3) is 3.35. The number of benzene rings is 1. The van der Waals surface area contributed by atoms with Crippen LogP contribution >= 0.6 is 8.73 Å². The fraction of sp³-hybridized carbons (Fsp3) is 0.407. The second kappa shape index (κ2) is 8.49. The molecule has 0 amide bonds. The fourth-order valence-electron chi connectivity index (χ4n) is 6.45. The lowest BCUT2D eigenvalue weighted by atomic mass is 9.73. The summed E-state index contributed by atoms with van der Waals surface area (Å²) in [6.07, 6.45) is 9.09. The van der Waals surface area contributed by atoms with Gasteiger partial charge < -0.3 is 15.5 Å². The maximum Gasteiger partial charge on any atom is 0.184 e. The summed E-state index contributed by atoms with van der Waals surface area (Å²) < 4.78 is 2.01. The van der Waals surface area contributed by atoms with Crippen molar-refractivity contribution in [2.24, 2.45) is 11.1 Å². The van der Waals surface area contributed by atoms with Crippen molar-refractivity contribution in [3.8, 4) is 0 Å². The Morgan fingerprint density at radius 2 is 1.92 bits per heavy atom. The number of fused-ring (bicyclic) bond motifs is 3. The summed E-state index contributed by atoms with van der Waals surface area (Å²) in [7, 11) is 0.480. The Bertz CT molecular complexity index is 1440. The lowest BCUT2D eigenvalue weighted by Crippen LogP contribution is -2.44. The van der Waals surface area contributed by atoms with Crippen molar-refractivity contribution < 1.29 is 0 Å². The minimum Gasteiger partial charge on any atom is -0.355 e. The van der Waals surface area contributed by atoms with Gasteiger partial charge in [0.1, 0.15) is 5.82 Å². The zero-order valence-electron chi connectivity index (χ0n) is 20.6. The van der Waals surface area contributed by atoms with Gasteiger partial charge in [0.15, 0.2) is 17.0 Å². The fourth-order valence-corrected chi connectivity index (χ4v) is 7.02. The summed E-state index contributed by atoms with van der Waals surface area (Å²) in [4.78, 5) is 19.3. The predicted octanol–water partition coefficient (Wildman–Crippen LogP) is 4.22. The third-order valence-electron chi connectivity index (χ3n) is 8.44. The van der Waals surface area contributed by atoms with Crippen LogP contribution in [0.25, 0.3) is 11.2 Å². The first kappa shape index (κ1) is 22.1. The number of aryl methyl sites for hydroxylation is 1. The topological polar surface area (TPSA) is 89.0 Å². The van der Waals surface area contributed by atoms with Gasteiger partial charge >= 0.3 is 0 Å². The van der Waals surface area contributed by atoms with E-state index in [0.29, 0.717) is 8.73 Å². The molecule has 3 aromatic heterocycles. The Balaban J connectivity index is 1.17. The SMILES string of the molecule is CPn1nc(N2CCCc3ncccc32)c2ncc(N3CCC4(CC3)Cc3ccccc3[C@H]4N)nc21. The third-order valence-corrected chi connectivity index (χ3v) is 9.18. The highest BCUT2D eigenvalue weighted by molar-refractivity contribution is 7.35. The van der Waals surface area contributed by atoms with Crippen LogP contribution in [-0.2, 0) is 12.8 Å². The molecule has 1 unspecified atom stereocenters. The van der Waals surface area contributed by atoms with Crippen molar-refractivity contribution in [1.29, 1.82) is 0 Å². The van der Waals surface area contributed by atoms with Gasteiger partial charge in [-0.15, -0.1) is 5.10 Å². The van der Waals surface area contributed by atoms with Crippen molar-refractivity contribution >= 4 is 37.2 Å². The standard InChI is InChI=1S/C27H31N8P/c1-36-35-25-23(26(32-35)34-13-5-8-20-21(34)9-4-12-29-20)30-17-22(31-25)33-14-10-27(11-15-33)16-18-6-2-3-7-19(18)24(27)28/h2-4,6-7,9,12,17,24,36H,5,8,10-11,13-16,28H2,1H3/t24-/m1/s1. The second-order valence-electron chi connectivity index (χ2n) is 10.3. The molecule has 1 spiro atoms. The van der Waals surface area contributed by atoms with Crippen LogP contribution in [0, 0.1) is 5.41 Å². The number of nitrogens with zero attached hydrogens (tertiary/aromatic N) is 7. The summed E-state index contributed by atoms with van der Waals surface area (Å²) in [5.74, 6) is 1.83. The number of nitrogens with two attached hydrogens (primary N) is 1. The molecule has 2 aliphatic heterocycles. The van der Waals surface area contributed by atoms with Gasteiger partial charge in [0.2, 0.25) is 0 Å². The number of hydrogen-bond acceptors (Lipinski definition) is 7. The van der Waals surface area contributed by atoms with E-state index >= 15 is 0 Å². The first-order valence-electron chi connectivity index (χ1n) is 12.9. The van der Waals surface area contributed by atoms with Crippen molar-refractivity contribution in [3.63, 3.8) is 0 Å². The highest BCUT2D eigenvalue weighted by Crippen LogP contribution is 2.51. The molecule has 7 rings (SSSR count). The molecule has 1 saturated heterocycles. The predicted molar refractivity (Wildman–Crippen MR) is 145 cm³/mol. The molecule has 0 bridgehead atoms. The maximum atomic E-state index is 6.79. The Morgan fingerprint density at radius 1 is 1.06 bits per heavy atom. The molecule has 1 aliphatic carbocycles. The van der Waals surface area contributed by atoms with Crippen LogP contribution in [-0.4, -0.2) is 50.8 Å². The van der Waals surface area contributed by atoms with Crippen molar-refractivity contribution in [1.82, 2.24) is 24.5 Å². The molecule has 8 nitrogen and oxygen atoms in total. The summed E-state index contributed by atoms with van der Waals surface area (Å²) in [5.41, 5.74) is 13.7. The highest BCUT2D eigenvalue weighted by Gasteiger charge is 2.46. The van der Waals surface area contributed by atoms with Crippen molar-refractivity contribution in [2.45, 2.75) is 38.1 Å². The van der Waals surface area contributed by atoms with E-state index < -0.39 is 0 Å². The average Bonchev–Trinajstić information content (AvgIpc) is 3.43. The normalized spacial score (nSPS) is 21.0. The molecule has 2 N–H and O–H groups in total.